The Morgan fingerprint density at radius 2 is 1.97 bits per heavy atom. The fraction of sp³-hybridized carbons (Fsp3) is 0.250. The summed E-state index contributed by atoms with van der Waals surface area (Å²) in [5.41, 5.74) is 1.76. The highest BCUT2D eigenvalue weighted by Crippen LogP contribution is 2.41. The van der Waals surface area contributed by atoms with Crippen molar-refractivity contribution in [1.82, 2.24) is 20.2 Å². The largest absolute Gasteiger partial charge is 0.348 e. The SMILES string of the molecule is Nn1c(SCC(=O)NC(c2ccccc2)C2CC2)nnc1-c1ccc(Cl)cc1Cl. The van der Waals surface area contributed by atoms with Crippen molar-refractivity contribution in [2.75, 3.05) is 11.6 Å². The highest BCUT2D eigenvalue weighted by molar-refractivity contribution is 7.99. The monoisotopic (exact) mass is 447 g/mol. The molecule has 0 radical (unpaired) electrons. The molecule has 150 valence electrons. The van der Waals surface area contributed by atoms with Crippen molar-refractivity contribution in [2.45, 2.75) is 24.0 Å². The zero-order chi connectivity index (χ0) is 20.4. The van der Waals surface area contributed by atoms with E-state index in [-0.39, 0.29) is 17.7 Å². The van der Waals surface area contributed by atoms with Crippen LogP contribution in [0, 0.1) is 5.92 Å². The third kappa shape index (κ3) is 4.69. The topological polar surface area (TPSA) is 85.8 Å². The molecular weight excluding hydrogens is 429 g/mol. The number of amides is 1. The molecule has 1 aliphatic rings. The second-order valence-corrected chi connectivity index (χ2v) is 8.67. The Labute approximate surface area is 182 Å². The van der Waals surface area contributed by atoms with Crippen LogP contribution in [0.25, 0.3) is 11.4 Å². The van der Waals surface area contributed by atoms with Crippen molar-refractivity contribution >= 4 is 40.9 Å². The van der Waals surface area contributed by atoms with Crippen LogP contribution >= 0.6 is 35.0 Å². The maximum absolute atomic E-state index is 12.5. The molecule has 1 fully saturated rings. The predicted octanol–water partition coefficient (Wildman–Crippen LogP) is 4.33. The zero-order valence-corrected chi connectivity index (χ0v) is 17.7. The van der Waals surface area contributed by atoms with E-state index in [0.29, 0.717) is 32.5 Å². The smallest absolute Gasteiger partial charge is 0.230 e. The summed E-state index contributed by atoms with van der Waals surface area (Å²) in [7, 11) is 0. The summed E-state index contributed by atoms with van der Waals surface area (Å²) in [4.78, 5) is 12.5. The molecule has 0 bridgehead atoms. The average Bonchev–Trinajstić information content (AvgIpc) is 3.49. The van der Waals surface area contributed by atoms with Crippen LogP contribution < -0.4 is 11.2 Å². The number of benzene rings is 2. The number of aromatic nitrogens is 3. The number of halogens is 2. The summed E-state index contributed by atoms with van der Waals surface area (Å²) in [6.45, 7) is 0. The molecule has 3 aromatic rings. The number of nitrogen functional groups attached to an aromatic ring is 1. The maximum atomic E-state index is 12.5. The highest BCUT2D eigenvalue weighted by atomic mass is 35.5. The third-order valence-electron chi connectivity index (χ3n) is 4.74. The lowest BCUT2D eigenvalue weighted by Crippen LogP contribution is -2.31. The van der Waals surface area contributed by atoms with Gasteiger partial charge in [-0.15, -0.1) is 10.2 Å². The van der Waals surface area contributed by atoms with Gasteiger partial charge in [-0.1, -0.05) is 65.3 Å². The Morgan fingerprint density at radius 1 is 1.21 bits per heavy atom. The molecular formula is C20H19Cl2N5OS. The molecule has 2 aromatic carbocycles. The number of rotatable bonds is 7. The first-order valence-electron chi connectivity index (χ1n) is 9.16. The van der Waals surface area contributed by atoms with Crippen LogP contribution in [0.15, 0.2) is 53.7 Å². The normalized spacial score (nSPS) is 14.6. The van der Waals surface area contributed by atoms with Crippen molar-refractivity contribution in [1.29, 1.82) is 0 Å². The van der Waals surface area contributed by atoms with Crippen LogP contribution in [0.4, 0.5) is 0 Å². The van der Waals surface area contributed by atoms with Crippen LogP contribution in [0.2, 0.25) is 10.0 Å². The quantitative estimate of drug-likeness (QED) is 0.415. The van der Waals surface area contributed by atoms with E-state index >= 15 is 0 Å². The second-order valence-electron chi connectivity index (χ2n) is 6.88. The summed E-state index contributed by atoms with van der Waals surface area (Å²) in [6.07, 6.45) is 2.27. The lowest BCUT2D eigenvalue weighted by atomic mass is 10.0. The van der Waals surface area contributed by atoms with Crippen LogP contribution in [-0.4, -0.2) is 26.5 Å². The molecule has 1 amide bonds. The first-order chi connectivity index (χ1) is 14.0. The Hall–Kier alpha value is -2.22. The van der Waals surface area contributed by atoms with Crippen molar-refractivity contribution < 1.29 is 4.79 Å². The minimum absolute atomic E-state index is 0.0449. The molecule has 1 heterocycles. The van der Waals surface area contributed by atoms with Gasteiger partial charge >= 0.3 is 0 Å². The number of nitrogens with zero attached hydrogens (tertiary/aromatic N) is 3. The molecule has 6 nitrogen and oxygen atoms in total. The Kier molecular flexibility index (Phi) is 5.99. The molecule has 0 aliphatic heterocycles. The van der Waals surface area contributed by atoms with Gasteiger partial charge in [0, 0.05) is 10.6 Å². The first kappa shape index (κ1) is 20.1. The summed E-state index contributed by atoms with van der Waals surface area (Å²) in [6, 6.07) is 15.2. The molecule has 29 heavy (non-hydrogen) atoms. The number of carbonyl (C=O) groups is 1. The van der Waals surface area contributed by atoms with Gasteiger partial charge in [-0.2, -0.15) is 0 Å². The summed E-state index contributed by atoms with van der Waals surface area (Å²) < 4.78 is 1.34. The molecule has 1 unspecified atom stereocenters. The highest BCUT2D eigenvalue weighted by Gasteiger charge is 2.33. The second kappa shape index (κ2) is 8.65. The van der Waals surface area contributed by atoms with Gasteiger partial charge in [0.2, 0.25) is 11.1 Å². The Balaban J connectivity index is 1.41. The van der Waals surface area contributed by atoms with Crippen LogP contribution in [0.3, 0.4) is 0 Å². The van der Waals surface area contributed by atoms with E-state index in [0.717, 1.165) is 18.4 Å². The minimum atomic E-state index is -0.0650. The van der Waals surface area contributed by atoms with E-state index in [2.05, 4.69) is 27.6 Å². The zero-order valence-electron chi connectivity index (χ0n) is 15.4. The van der Waals surface area contributed by atoms with Gasteiger partial charge in [0.05, 0.1) is 16.8 Å². The average molecular weight is 448 g/mol. The third-order valence-corrected chi connectivity index (χ3v) is 6.23. The standard InChI is InChI=1S/C20H19Cl2N5OS/c21-14-8-9-15(16(22)10-14)19-25-26-20(27(19)23)29-11-17(28)24-18(13-6-7-13)12-4-2-1-3-5-12/h1-5,8-10,13,18H,6-7,11,23H2,(H,24,28). The fourth-order valence-corrected chi connectivity index (χ4v) is 4.30. The van der Waals surface area contributed by atoms with Gasteiger partial charge in [0.1, 0.15) is 0 Å². The van der Waals surface area contributed by atoms with Crippen molar-refractivity contribution in [2.24, 2.45) is 5.92 Å². The number of nitrogens with two attached hydrogens (primary N) is 1. The summed E-state index contributed by atoms with van der Waals surface area (Å²) in [5, 5.41) is 12.7. The molecule has 1 saturated carbocycles. The van der Waals surface area contributed by atoms with Crippen molar-refractivity contribution in [3.05, 3.63) is 64.1 Å². The molecule has 0 spiro atoms. The van der Waals surface area contributed by atoms with Crippen LogP contribution in [0.5, 0.6) is 0 Å². The number of nitrogens with one attached hydrogen (secondary N) is 1. The first-order valence-corrected chi connectivity index (χ1v) is 10.9. The van der Waals surface area contributed by atoms with Gasteiger partial charge in [0.25, 0.3) is 0 Å². The fourth-order valence-electron chi connectivity index (χ4n) is 3.14. The van der Waals surface area contributed by atoms with Crippen molar-refractivity contribution in [3.8, 4) is 11.4 Å². The van der Waals surface area contributed by atoms with Gasteiger partial charge in [-0.05, 0) is 42.5 Å². The van der Waals surface area contributed by atoms with Crippen molar-refractivity contribution in [3.63, 3.8) is 0 Å². The predicted molar refractivity (Wildman–Crippen MR) is 116 cm³/mol. The maximum Gasteiger partial charge on any atom is 0.230 e. The van der Waals surface area contributed by atoms with Gasteiger partial charge < -0.3 is 11.2 Å². The van der Waals surface area contributed by atoms with E-state index in [1.54, 1.807) is 18.2 Å². The molecule has 1 aromatic heterocycles. The molecule has 1 atom stereocenters. The number of thioether (sulfide) groups is 1. The number of carbonyl (C=O) groups excluding carboxylic acids is 1. The Morgan fingerprint density at radius 3 is 2.66 bits per heavy atom. The van der Waals surface area contributed by atoms with Gasteiger partial charge in [0.15, 0.2) is 5.82 Å². The van der Waals surface area contributed by atoms with Gasteiger partial charge in [-0.25, -0.2) is 4.68 Å². The van der Waals surface area contributed by atoms with E-state index in [9.17, 15) is 4.79 Å². The Bertz CT molecular complexity index is 1020. The van der Waals surface area contributed by atoms with E-state index < -0.39 is 0 Å². The van der Waals surface area contributed by atoms with Crippen LogP contribution in [0.1, 0.15) is 24.4 Å². The number of hydrogen-bond donors (Lipinski definition) is 2. The van der Waals surface area contributed by atoms with Gasteiger partial charge in [-0.3, -0.25) is 4.79 Å². The molecule has 3 N–H and O–H groups in total. The van der Waals surface area contributed by atoms with E-state index in [4.69, 9.17) is 29.0 Å². The molecule has 4 rings (SSSR count). The summed E-state index contributed by atoms with van der Waals surface area (Å²) in [5.74, 6) is 7.17. The van der Waals surface area contributed by atoms with E-state index in [1.807, 2.05) is 18.2 Å². The minimum Gasteiger partial charge on any atom is -0.348 e. The molecule has 0 saturated heterocycles. The lowest BCUT2D eigenvalue weighted by molar-refractivity contribution is -0.119. The lowest BCUT2D eigenvalue weighted by Gasteiger charge is -2.18. The molecule has 1 aliphatic carbocycles. The van der Waals surface area contributed by atoms with Crippen LogP contribution in [-0.2, 0) is 4.79 Å². The summed E-state index contributed by atoms with van der Waals surface area (Å²) >= 11 is 13.4. The molecule has 9 heteroatoms. The van der Waals surface area contributed by atoms with E-state index in [1.165, 1.54) is 16.4 Å². The number of hydrogen-bond acceptors (Lipinski definition) is 5.